The van der Waals surface area contributed by atoms with Gasteiger partial charge in [-0.1, -0.05) is 36.7 Å². The van der Waals surface area contributed by atoms with Gasteiger partial charge in [-0.2, -0.15) is 0 Å². The van der Waals surface area contributed by atoms with E-state index in [4.69, 9.17) is 21.3 Å². The normalized spacial score (nSPS) is 17.9. The first kappa shape index (κ1) is 21.2. The Hall–Kier alpha value is -2.47. The Morgan fingerprint density at radius 1 is 1.34 bits per heavy atom. The zero-order valence-electron chi connectivity index (χ0n) is 17.4. The molecule has 2 aromatic rings. The fraction of sp³-hybridized carbons (Fsp3) is 0.455. The number of benzene rings is 1. The van der Waals surface area contributed by atoms with Crippen molar-refractivity contribution in [2.24, 2.45) is 4.99 Å². The standard InChI is InChI=1S/C22H30ClN5O/c1-4-24-22(26-14-16(2)18-8-5-6-10-20(18)29-3)27-17-11-13-28(15-17)21-19(23)9-7-12-25-21/h5-10,12,16-17H,4,11,13-15H2,1-3H3,(H2,24,26,27). The lowest BCUT2D eigenvalue weighted by atomic mass is 10.0. The molecule has 2 heterocycles. The molecular weight excluding hydrogens is 386 g/mol. The van der Waals surface area contributed by atoms with Crippen LogP contribution < -0.4 is 20.3 Å². The average Bonchev–Trinajstić information content (AvgIpc) is 3.20. The van der Waals surface area contributed by atoms with Crippen LogP contribution in [0.25, 0.3) is 0 Å². The van der Waals surface area contributed by atoms with Crippen molar-refractivity contribution in [3.8, 4) is 5.75 Å². The van der Waals surface area contributed by atoms with Gasteiger partial charge >= 0.3 is 0 Å². The van der Waals surface area contributed by atoms with Crippen LogP contribution in [0.3, 0.4) is 0 Å². The molecule has 2 atom stereocenters. The summed E-state index contributed by atoms with van der Waals surface area (Å²) in [4.78, 5) is 11.5. The second-order valence-corrected chi connectivity index (χ2v) is 7.65. The number of hydrogen-bond donors (Lipinski definition) is 2. The first-order valence-electron chi connectivity index (χ1n) is 10.2. The SMILES string of the molecule is CCNC(=NCC(C)c1ccccc1OC)NC1CCN(c2ncccc2Cl)C1. The van der Waals surface area contributed by atoms with Crippen molar-refractivity contribution in [2.45, 2.75) is 32.2 Å². The van der Waals surface area contributed by atoms with Crippen LogP contribution >= 0.6 is 11.6 Å². The van der Waals surface area contributed by atoms with Gasteiger partial charge in [0.05, 0.1) is 12.1 Å². The van der Waals surface area contributed by atoms with Crippen molar-refractivity contribution >= 4 is 23.4 Å². The number of pyridine rings is 1. The number of hydrogen-bond acceptors (Lipinski definition) is 4. The quantitative estimate of drug-likeness (QED) is 0.533. The number of aliphatic imine (C=N–C) groups is 1. The Bertz CT molecular complexity index is 828. The van der Waals surface area contributed by atoms with E-state index in [1.165, 1.54) is 5.56 Å². The lowest BCUT2D eigenvalue weighted by molar-refractivity contribution is 0.406. The minimum atomic E-state index is 0.258. The first-order chi connectivity index (χ1) is 14.1. The van der Waals surface area contributed by atoms with Gasteiger partial charge in [0.2, 0.25) is 0 Å². The summed E-state index contributed by atoms with van der Waals surface area (Å²) >= 11 is 6.30. The minimum absolute atomic E-state index is 0.258. The van der Waals surface area contributed by atoms with Crippen LogP contribution in [-0.4, -0.2) is 50.3 Å². The highest BCUT2D eigenvalue weighted by atomic mass is 35.5. The van der Waals surface area contributed by atoms with Crippen molar-refractivity contribution in [2.75, 3.05) is 38.2 Å². The van der Waals surface area contributed by atoms with Gasteiger partial charge in [-0.25, -0.2) is 4.98 Å². The molecule has 0 saturated carbocycles. The molecule has 1 aromatic carbocycles. The van der Waals surface area contributed by atoms with Gasteiger partial charge < -0.3 is 20.3 Å². The van der Waals surface area contributed by atoms with Gasteiger partial charge in [-0.3, -0.25) is 4.99 Å². The molecule has 156 valence electrons. The molecule has 1 fully saturated rings. The van der Waals surface area contributed by atoms with Crippen LogP contribution in [-0.2, 0) is 0 Å². The third-order valence-corrected chi connectivity index (χ3v) is 5.40. The third-order valence-electron chi connectivity index (χ3n) is 5.11. The van der Waals surface area contributed by atoms with Gasteiger partial charge in [0.1, 0.15) is 11.6 Å². The smallest absolute Gasteiger partial charge is 0.191 e. The fourth-order valence-electron chi connectivity index (χ4n) is 3.59. The van der Waals surface area contributed by atoms with Crippen LogP contribution in [0.2, 0.25) is 5.02 Å². The number of methoxy groups -OCH3 is 1. The minimum Gasteiger partial charge on any atom is -0.496 e. The van der Waals surface area contributed by atoms with Crippen LogP contribution in [0, 0.1) is 0 Å². The van der Waals surface area contributed by atoms with Crippen LogP contribution in [0.4, 0.5) is 5.82 Å². The monoisotopic (exact) mass is 415 g/mol. The van der Waals surface area contributed by atoms with Crippen molar-refractivity contribution in [1.29, 1.82) is 0 Å². The maximum atomic E-state index is 6.30. The summed E-state index contributed by atoms with van der Waals surface area (Å²) < 4.78 is 5.49. The molecule has 0 amide bonds. The number of para-hydroxylation sites is 1. The Kier molecular flexibility index (Phi) is 7.58. The maximum absolute atomic E-state index is 6.30. The molecule has 0 spiro atoms. The summed E-state index contributed by atoms with van der Waals surface area (Å²) in [5.74, 6) is 2.86. The van der Waals surface area contributed by atoms with Gasteiger partial charge in [-0.15, -0.1) is 0 Å². The molecule has 1 aromatic heterocycles. The van der Waals surface area contributed by atoms with E-state index in [0.717, 1.165) is 43.6 Å². The molecule has 2 unspecified atom stereocenters. The van der Waals surface area contributed by atoms with Gasteiger partial charge in [0, 0.05) is 44.3 Å². The van der Waals surface area contributed by atoms with E-state index in [1.54, 1.807) is 13.3 Å². The molecule has 1 saturated heterocycles. The molecule has 0 aliphatic carbocycles. The van der Waals surface area contributed by atoms with Crippen molar-refractivity contribution in [3.63, 3.8) is 0 Å². The molecule has 7 heteroatoms. The summed E-state index contributed by atoms with van der Waals surface area (Å²) in [5.41, 5.74) is 1.17. The molecule has 1 aliphatic heterocycles. The predicted octanol–water partition coefficient (Wildman–Crippen LogP) is 3.68. The Morgan fingerprint density at radius 3 is 2.93 bits per heavy atom. The molecule has 6 nitrogen and oxygen atoms in total. The molecule has 0 bridgehead atoms. The van der Waals surface area contributed by atoms with E-state index < -0.39 is 0 Å². The number of guanidine groups is 1. The van der Waals surface area contributed by atoms with Crippen molar-refractivity contribution in [1.82, 2.24) is 15.6 Å². The molecular formula is C22H30ClN5O. The average molecular weight is 416 g/mol. The number of anilines is 1. The highest BCUT2D eigenvalue weighted by molar-refractivity contribution is 6.32. The van der Waals surface area contributed by atoms with E-state index in [9.17, 15) is 0 Å². The number of rotatable bonds is 7. The number of halogens is 1. The maximum Gasteiger partial charge on any atom is 0.191 e. The Labute approximate surface area is 178 Å². The van der Waals surface area contributed by atoms with Crippen LogP contribution in [0.5, 0.6) is 5.75 Å². The summed E-state index contributed by atoms with van der Waals surface area (Å²) in [6, 6.07) is 12.2. The summed E-state index contributed by atoms with van der Waals surface area (Å²) in [7, 11) is 1.71. The fourth-order valence-corrected chi connectivity index (χ4v) is 3.84. The van der Waals surface area contributed by atoms with Crippen LogP contribution in [0.15, 0.2) is 47.6 Å². The van der Waals surface area contributed by atoms with Crippen LogP contribution in [0.1, 0.15) is 31.7 Å². The number of ether oxygens (including phenoxy) is 1. The summed E-state index contributed by atoms with van der Waals surface area (Å²) in [6.07, 6.45) is 2.80. The van der Waals surface area contributed by atoms with E-state index >= 15 is 0 Å². The van der Waals surface area contributed by atoms with Gasteiger partial charge in [-0.05, 0) is 37.1 Å². The van der Waals surface area contributed by atoms with E-state index in [1.807, 2.05) is 30.3 Å². The second-order valence-electron chi connectivity index (χ2n) is 7.25. The molecule has 1 aliphatic rings. The first-order valence-corrected chi connectivity index (χ1v) is 10.5. The Balaban J connectivity index is 1.62. The molecule has 3 rings (SSSR count). The summed E-state index contributed by atoms with van der Waals surface area (Å²) in [6.45, 7) is 7.52. The van der Waals surface area contributed by atoms with Crippen molar-refractivity contribution < 1.29 is 4.74 Å². The number of nitrogens with one attached hydrogen (secondary N) is 2. The largest absolute Gasteiger partial charge is 0.496 e. The third kappa shape index (κ3) is 5.54. The van der Waals surface area contributed by atoms with Gasteiger partial charge in [0.25, 0.3) is 0 Å². The Morgan fingerprint density at radius 2 is 2.17 bits per heavy atom. The zero-order chi connectivity index (χ0) is 20.6. The summed E-state index contributed by atoms with van der Waals surface area (Å²) in [5, 5.41) is 7.62. The van der Waals surface area contributed by atoms with E-state index in [0.29, 0.717) is 17.6 Å². The number of aromatic nitrogens is 1. The lowest BCUT2D eigenvalue weighted by Gasteiger charge is -2.21. The highest BCUT2D eigenvalue weighted by Gasteiger charge is 2.25. The molecule has 29 heavy (non-hydrogen) atoms. The van der Waals surface area contributed by atoms with Crippen molar-refractivity contribution in [3.05, 3.63) is 53.2 Å². The molecule has 2 N–H and O–H groups in total. The highest BCUT2D eigenvalue weighted by Crippen LogP contribution is 2.27. The van der Waals surface area contributed by atoms with E-state index in [2.05, 4.69) is 40.4 Å². The molecule has 0 radical (unpaired) electrons. The number of nitrogens with zero attached hydrogens (tertiary/aromatic N) is 3. The topological polar surface area (TPSA) is 61.8 Å². The predicted molar refractivity (Wildman–Crippen MR) is 120 cm³/mol. The van der Waals surface area contributed by atoms with Gasteiger partial charge in [0.15, 0.2) is 5.96 Å². The van der Waals surface area contributed by atoms with E-state index in [-0.39, 0.29) is 5.92 Å². The zero-order valence-corrected chi connectivity index (χ0v) is 18.1. The lowest BCUT2D eigenvalue weighted by Crippen LogP contribution is -2.44. The second kappa shape index (κ2) is 10.3.